The van der Waals surface area contributed by atoms with Crippen molar-refractivity contribution in [2.24, 2.45) is 0 Å². The van der Waals surface area contributed by atoms with Gasteiger partial charge in [-0.2, -0.15) is 0 Å². The first kappa shape index (κ1) is 21.5. The molecule has 0 N–H and O–H groups in total. The number of hydrogen-bond acceptors (Lipinski definition) is 4. The molecule has 0 saturated heterocycles. The van der Waals surface area contributed by atoms with E-state index in [0.29, 0.717) is 17.9 Å². The molecule has 0 aliphatic rings. The number of likely N-dealkylation sites (N-methyl/N-ethyl adjacent to an activating group) is 1. The summed E-state index contributed by atoms with van der Waals surface area (Å²) >= 11 is 0. The van der Waals surface area contributed by atoms with Gasteiger partial charge in [-0.05, 0) is 61.6 Å². The molecule has 0 aromatic heterocycles. The van der Waals surface area contributed by atoms with Crippen LogP contribution in [0, 0.1) is 5.82 Å². The van der Waals surface area contributed by atoms with E-state index in [1.165, 1.54) is 19.2 Å². The van der Waals surface area contributed by atoms with Crippen molar-refractivity contribution in [1.82, 2.24) is 4.90 Å². The lowest BCUT2D eigenvalue weighted by molar-refractivity contribution is 0.0993. The van der Waals surface area contributed by atoms with Crippen molar-refractivity contribution in [2.75, 3.05) is 34.4 Å². The lowest BCUT2D eigenvalue weighted by Gasteiger charge is -2.13. The first-order chi connectivity index (χ1) is 14.5. The van der Waals surface area contributed by atoms with Crippen molar-refractivity contribution in [3.63, 3.8) is 0 Å². The first-order valence-electron chi connectivity index (χ1n) is 9.80. The summed E-state index contributed by atoms with van der Waals surface area (Å²) in [6, 6.07) is 19.2. The lowest BCUT2D eigenvalue weighted by Crippen LogP contribution is -2.19. The summed E-state index contributed by atoms with van der Waals surface area (Å²) in [5.74, 6) is 0.819. The SMILES string of the molecule is COc1cc(F)ccc1-c1ccccc1CC(=O)c1ccc(OCCN(C)C)cc1. The molecular formula is C25H26FNO3. The highest BCUT2D eigenvalue weighted by atomic mass is 19.1. The molecule has 0 saturated carbocycles. The maximum absolute atomic E-state index is 13.6. The molecule has 0 amide bonds. The Morgan fingerprint density at radius 2 is 1.70 bits per heavy atom. The second-order valence-electron chi connectivity index (χ2n) is 7.28. The summed E-state index contributed by atoms with van der Waals surface area (Å²) in [6.45, 7) is 1.41. The third-order valence-corrected chi connectivity index (χ3v) is 4.81. The van der Waals surface area contributed by atoms with Gasteiger partial charge in [0.25, 0.3) is 0 Å². The lowest BCUT2D eigenvalue weighted by atomic mass is 9.94. The average molecular weight is 407 g/mol. The van der Waals surface area contributed by atoms with Crippen LogP contribution in [0.2, 0.25) is 0 Å². The minimum atomic E-state index is -0.364. The summed E-state index contributed by atoms with van der Waals surface area (Å²) < 4.78 is 24.6. The molecule has 3 rings (SSSR count). The molecule has 0 bridgehead atoms. The van der Waals surface area contributed by atoms with Crippen LogP contribution >= 0.6 is 0 Å². The van der Waals surface area contributed by atoms with Crippen molar-refractivity contribution in [3.05, 3.63) is 83.7 Å². The van der Waals surface area contributed by atoms with E-state index < -0.39 is 0 Å². The second-order valence-corrected chi connectivity index (χ2v) is 7.28. The van der Waals surface area contributed by atoms with E-state index in [0.717, 1.165) is 29.0 Å². The molecule has 0 fully saturated rings. The van der Waals surface area contributed by atoms with Gasteiger partial charge < -0.3 is 14.4 Å². The van der Waals surface area contributed by atoms with Crippen molar-refractivity contribution >= 4 is 5.78 Å². The van der Waals surface area contributed by atoms with E-state index in [1.54, 1.807) is 18.2 Å². The summed E-state index contributed by atoms with van der Waals surface area (Å²) in [5.41, 5.74) is 3.09. The number of hydrogen-bond donors (Lipinski definition) is 0. The Morgan fingerprint density at radius 1 is 0.967 bits per heavy atom. The molecule has 0 aliphatic heterocycles. The normalized spacial score (nSPS) is 10.8. The molecule has 156 valence electrons. The van der Waals surface area contributed by atoms with E-state index in [1.807, 2.05) is 55.4 Å². The largest absolute Gasteiger partial charge is 0.496 e. The Balaban J connectivity index is 1.77. The number of carbonyl (C=O) groups is 1. The van der Waals surface area contributed by atoms with Crippen LogP contribution in [0.4, 0.5) is 4.39 Å². The van der Waals surface area contributed by atoms with Crippen LogP contribution in [0.25, 0.3) is 11.1 Å². The van der Waals surface area contributed by atoms with Gasteiger partial charge in [-0.15, -0.1) is 0 Å². The average Bonchev–Trinajstić information content (AvgIpc) is 2.74. The van der Waals surface area contributed by atoms with Crippen LogP contribution in [-0.2, 0) is 6.42 Å². The molecule has 4 nitrogen and oxygen atoms in total. The van der Waals surface area contributed by atoms with Gasteiger partial charge in [0.2, 0.25) is 0 Å². The number of nitrogens with zero attached hydrogens (tertiary/aromatic N) is 1. The zero-order valence-corrected chi connectivity index (χ0v) is 17.5. The number of rotatable bonds is 9. The van der Waals surface area contributed by atoms with Gasteiger partial charge in [0.05, 0.1) is 7.11 Å². The molecule has 0 unspecified atom stereocenters. The number of halogens is 1. The Labute approximate surface area is 176 Å². The standard InChI is InChI=1S/C25H26FNO3/c1-27(2)14-15-30-21-11-8-18(9-12-21)24(28)16-19-6-4-5-7-22(19)23-13-10-20(26)17-25(23)29-3/h4-13,17H,14-16H2,1-3H3. The van der Waals surface area contributed by atoms with Gasteiger partial charge in [-0.1, -0.05) is 24.3 Å². The number of carbonyl (C=O) groups excluding carboxylic acids is 1. The number of methoxy groups -OCH3 is 1. The third kappa shape index (κ3) is 5.45. The highest BCUT2D eigenvalue weighted by molar-refractivity contribution is 5.98. The third-order valence-electron chi connectivity index (χ3n) is 4.81. The fourth-order valence-corrected chi connectivity index (χ4v) is 3.18. The maximum atomic E-state index is 13.6. The van der Waals surface area contributed by atoms with Crippen molar-refractivity contribution < 1.29 is 18.7 Å². The van der Waals surface area contributed by atoms with Crippen LogP contribution in [0.5, 0.6) is 11.5 Å². The minimum absolute atomic E-state index is 0.00312. The summed E-state index contributed by atoms with van der Waals surface area (Å²) in [4.78, 5) is 14.9. The topological polar surface area (TPSA) is 38.8 Å². The molecule has 0 atom stereocenters. The Hall–Kier alpha value is -3.18. The van der Waals surface area contributed by atoms with E-state index in [2.05, 4.69) is 0 Å². The monoisotopic (exact) mass is 407 g/mol. The van der Waals surface area contributed by atoms with Gasteiger partial charge in [0.1, 0.15) is 23.9 Å². The van der Waals surface area contributed by atoms with E-state index in [9.17, 15) is 9.18 Å². The molecule has 3 aromatic carbocycles. The van der Waals surface area contributed by atoms with Gasteiger partial charge in [-0.3, -0.25) is 4.79 Å². The smallest absolute Gasteiger partial charge is 0.167 e. The van der Waals surface area contributed by atoms with Crippen LogP contribution in [-0.4, -0.2) is 45.0 Å². The maximum Gasteiger partial charge on any atom is 0.167 e. The molecule has 0 aliphatic carbocycles. The molecule has 0 radical (unpaired) electrons. The van der Waals surface area contributed by atoms with Crippen LogP contribution < -0.4 is 9.47 Å². The highest BCUT2D eigenvalue weighted by Gasteiger charge is 2.15. The van der Waals surface area contributed by atoms with Gasteiger partial charge in [0, 0.05) is 30.2 Å². The summed E-state index contributed by atoms with van der Waals surface area (Å²) in [7, 11) is 5.49. The van der Waals surface area contributed by atoms with Gasteiger partial charge in [-0.25, -0.2) is 4.39 Å². The Morgan fingerprint density at radius 3 is 2.40 bits per heavy atom. The zero-order chi connectivity index (χ0) is 21.5. The molecule has 3 aromatic rings. The second kappa shape index (κ2) is 10.0. The van der Waals surface area contributed by atoms with Crippen LogP contribution in [0.1, 0.15) is 15.9 Å². The van der Waals surface area contributed by atoms with Crippen molar-refractivity contribution in [1.29, 1.82) is 0 Å². The predicted molar refractivity (Wildman–Crippen MR) is 117 cm³/mol. The summed E-state index contributed by atoms with van der Waals surface area (Å²) in [6.07, 6.45) is 0.234. The van der Waals surface area contributed by atoms with Gasteiger partial charge in [0.15, 0.2) is 5.78 Å². The number of Topliss-reactive ketones (excluding diaryl/α,β-unsaturated/α-hetero) is 1. The Kier molecular flexibility index (Phi) is 7.20. The van der Waals surface area contributed by atoms with Gasteiger partial charge >= 0.3 is 0 Å². The highest BCUT2D eigenvalue weighted by Crippen LogP contribution is 2.33. The molecular weight excluding hydrogens is 381 g/mol. The molecule has 5 heteroatoms. The fourth-order valence-electron chi connectivity index (χ4n) is 3.18. The first-order valence-corrected chi connectivity index (χ1v) is 9.80. The quantitative estimate of drug-likeness (QED) is 0.475. The zero-order valence-electron chi connectivity index (χ0n) is 17.5. The van der Waals surface area contributed by atoms with E-state index in [-0.39, 0.29) is 18.0 Å². The summed E-state index contributed by atoms with van der Waals surface area (Å²) in [5, 5.41) is 0. The van der Waals surface area contributed by atoms with E-state index in [4.69, 9.17) is 9.47 Å². The van der Waals surface area contributed by atoms with Crippen LogP contribution in [0.3, 0.4) is 0 Å². The number of benzene rings is 3. The van der Waals surface area contributed by atoms with Crippen molar-refractivity contribution in [3.8, 4) is 22.6 Å². The minimum Gasteiger partial charge on any atom is -0.496 e. The van der Waals surface area contributed by atoms with E-state index >= 15 is 0 Å². The Bertz CT molecular complexity index is 1000. The predicted octanol–water partition coefficient (Wildman–Crippen LogP) is 4.87. The fraction of sp³-hybridized carbons (Fsp3) is 0.240. The molecule has 0 heterocycles. The number of ether oxygens (including phenoxy) is 2. The number of ketones is 1. The van der Waals surface area contributed by atoms with Crippen molar-refractivity contribution in [2.45, 2.75) is 6.42 Å². The van der Waals surface area contributed by atoms with Crippen LogP contribution in [0.15, 0.2) is 66.7 Å². The molecule has 0 spiro atoms. The molecule has 30 heavy (non-hydrogen) atoms.